The van der Waals surface area contributed by atoms with E-state index in [4.69, 9.17) is 10.5 Å². The summed E-state index contributed by atoms with van der Waals surface area (Å²) in [7, 11) is 0. The number of fused-ring (bicyclic) bond motifs is 1. The summed E-state index contributed by atoms with van der Waals surface area (Å²) in [4.78, 5) is 0. The second-order valence-electron chi connectivity index (χ2n) is 3.00. The van der Waals surface area contributed by atoms with Crippen LogP contribution in [-0.2, 0) is 6.54 Å². The summed E-state index contributed by atoms with van der Waals surface area (Å²) in [6.45, 7) is 3.78. The topological polar surface area (TPSA) is 53.1 Å². The summed E-state index contributed by atoms with van der Waals surface area (Å²) >= 11 is 0. The summed E-state index contributed by atoms with van der Waals surface area (Å²) in [5.74, 6) is 1.25. The van der Waals surface area contributed by atoms with Crippen molar-refractivity contribution in [3.8, 4) is 5.88 Å². The van der Waals surface area contributed by atoms with Crippen molar-refractivity contribution in [1.29, 1.82) is 0 Å². The molecule has 0 amide bonds. The van der Waals surface area contributed by atoms with E-state index >= 15 is 0 Å². The van der Waals surface area contributed by atoms with Crippen LogP contribution in [0.3, 0.4) is 0 Å². The van der Waals surface area contributed by atoms with E-state index in [1.165, 1.54) is 0 Å². The fourth-order valence-electron chi connectivity index (χ4n) is 1.25. The van der Waals surface area contributed by atoms with Crippen LogP contribution in [0.1, 0.15) is 6.92 Å². The molecule has 60 valence electrons. The molecule has 1 unspecified atom stereocenters. The van der Waals surface area contributed by atoms with Crippen LogP contribution in [0.4, 0.5) is 5.69 Å². The molecule has 1 atom stereocenters. The Balaban J connectivity index is 2.36. The Morgan fingerprint density at radius 2 is 2.64 bits per heavy atom. The Bertz CT molecular complexity index is 269. The van der Waals surface area contributed by atoms with Crippen LogP contribution >= 0.6 is 0 Å². The van der Waals surface area contributed by atoms with Crippen LogP contribution < -0.4 is 10.5 Å². The summed E-state index contributed by atoms with van der Waals surface area (Å²) in [6, 6.07) is 0. The Hall–Kier alpha value is -1.19. The third-order valence-corrected chi connectivity index (χ3v) is 1.81. The molecule has 2 N–H and O–H groups in total. The Morgan fingerprint density at radius 3 is 3.45 bits per heavy atom. The standard InChI is InChI=1S/C7H11N3O/c1-5-3-10-7(11-4-5)6(8)2-9-10/h2,5H,3-4,8H2,1H3. The van der Waals surface area contributed by atoms with Crippen molar-refractivity contribution in [3.63, 3.8) is 0 Å². The van der Waals surface area contributed by atoms with E-state index in [1.54, 1.807) is 6.20 Å². The highest BCUT2D eigenvalue weighted by Crippen LogP contribution is 2.25. The van der Waals surface area contributed by atoms with Gasteiger partial charge in [-0.3, -0.25) is 0 Å². The predicted molar refractivity (Wildman–Crippen MR) is 41.3 cm³/mol. The number of rotatable bonds is 0. The van der Waals surface area contributed by atoms with Crippen LogP contribution in [0.2, 0.25) is 0 Å². The predicted octanol–water partition coefficient (Wildman–Crippen LogP) is 0.494. The van der Waals surface area contributed by atoms with Crippen LogP contribution in [-0.4, -0.2) is 16.4 Å². The first-order valence-corrected chi connectivity index (χ1v) is 3.71. The molecule has 1 aromatic heterocycles. The largest absolute Gasteiger partial charge is 0.476 e. The quantitative estimate of drug-likeness (QED) is 0.590. The molecule has 11 heavy (non-hydrogen) atoms. The molecular formula is C7H11N3O. The van der Waals surface area contributed by atoms with Crippen LogP contribution in [0.25, 0.3) is 0 Å². The van der Waals surface area contributed by atoms with E-state index in [2.05, 4.69) is 12.0 Å². The zero-order chi connectivity index (χ0) is 7.84. The highest BCUT2D eigenvalue weighted by Gasteiger charge is 2.18. The fourth-order valence-corrected chi connectivity index (χ4v) is 1.25. The molecule has 0 aliphatic carbocycles. The van der Waals surface area contributed by atoms with Crippen LogP contribution in [0, 0.1) is 5.92 Å². The normalized spacial score (nSPS) is 22.5. The number of nitrogens with zero attached hydrogens (tertiary/aromatic N) is 2. The van der Waals surface area contributed by atoms with Crippen molar-refractivity contribution in [2.24, 2.45) is 5.92 Å². The number of ether oxygens (including phenoxy) is 1. The Kier molecular flexibility index (Phi) is 1.27. The van der Waals surface area contributed by atoms with Gasteiger partial charge in [0.25, 0.3) is 0 Å². The molecule has 1 aliphatic rings. The van der Waals surface area contributed by atoms with Gasteiger partial charge in [-0.2, -0.15) is 5.10 Å². The van der Waals surface area contributed by atoms with E-state index < -0.39 is 0 Å². The summed E-state index contributed by atoms with van der Waals surface area (Å²) in [6.07, 6.45) is 1.63. The Labute approximate surface area is 64.9 Å². The SMILES string of the molecule is CC1COc2c(N)cnn2C1. The van der Waals surface area contributed by atoms with Crippen molar-refractivity contribution in [2.45, 2.75) is 13.5 Å². The molecule has 0 radical (unpaired) electrons. The number of hydrogen-bond donors (Lipinski definition) is 1. The van der Waals surface area contributed by atoms with Crippen molar-refractivity contribution in [1.82, 2.24) is 9.78 Å². The molecule has 2 rings (SSSR count). The van der Waals surface area contributed by atoms with E-state index in [-0.39, 0.29) is 0 Å². The van der Waals surface area contributed by atoms with E-state index in [9.17, 15) is 0 Å². The summed E-state index contributed by atoms with van der Waals surface area (Å²) in [5.41, 5.74) is 6.23. The fraction of sp³-hybridized carbons (Fsp3) is 0.571. The minimum absolute atomic E-state index is 0.529. The van der Waals surface area contributed by atoms with Gasteiger partial charge in [0.15, 0.2) is 0 Å². The smallest absolute Gasteiger partial charge is 0.235 e. The number of hydrogen-bond acceptors (Lipinski definition) is 3. The molecule has 0 saturated carbocycles. The van der Waals surface area contributed by atoms with Gasteiger partial charge < -0.3 is 10.5 Å². The van der Waals surface area contributed by atoms with Gasteiger partial charge in [0.1, 0.15) is 5.69 Å². The molecule has 2 heterocycles. The lowest BCUT2D eigenvalue weighted by Crippen LogP contribution is -2.23. The molecule has 4 heteroatoms. The maximum atomic E-state index is 5.60. The molecule has 0 spiro atoms. The van der Waals surface area contributed by atoms with E-state index in [0.717, 1.165) is 19.0 Å². The average molecular weight is 153 g/mol. The van der Waals surface area contributed by atoms with Crippen molar-refractivity contribution < 1.29 is 4.74 Å². The van der Waals surface area contributed by atoms with Gasteiger partial charge in [-0.1, -0.05) is 6.92 Å². The molecule has 0 saturated heterocycles. The van der Waals surface area contributed by atoms with Crippen molar-refractivity contribution in [2.75, 3.05) is 12.3 Å². The minimum Gasteiger partial charge on any atom is -0.476 e. The van der Waals surface area contributed by atoms with Crippen LogP contribution in [0.5, 0.6) is 5.88 Å². The average Bonchev–Trinajstić information content (AvgIpc) is 2.32. The van der Waals surface area contributed by atoms with Crippen molar-refractivity contribution in [3.05, 3.63) is 6.20 Å². The monoisotopic (exact) mass is 153 g/mol. The number of nitrogens with two attached hydrogens (primary N) is 1. The molecular weight excluding hydrogens is 142 g/mol. The maximum absolute atomic E-state index is 5.60. The molecule has 0 aromatic carbocycles. The van der Waals surface area contributed by atoms with Crippen LogP contribution in [0.15, 0.2) is 6.20 Å². The molecule has 4 nitrogen and oxygen atoms in total. The van der Waals surface area contributed by atoms with Gasteiger partial charge in [-0.05, 0) is 0 Å². The zero-order valence-electron chi connectivity index (χ0n) is 6.45. The second kappa shape index (κ2) is 2.15. The molecule has 1 aliphatic heterocycles. The van der Waals surface area contributed by atoms with Gasteiger partial charge in [-0.25, -0.2) is 4.68 Å². The first-order valence-electron chi connectivity index (χ1n) is 3.71. The number of nitrogen functional groups attached to an aromatic ring is 1. The second-order valence-corrected chi connectivity index (χ2v) is 3.00. The first-order chi connectivity index (χ1) is 5.27. The molecule has 0 fully saturated rings. The van der Waals surface area contributed by atoms with Gasteiger partial charge >= 0.3 is 0 Å². The van der Waals surface area contributed by atoms with Gasteiger partial charge in [0, 0.05) is 5.92 Å². The zero-order valence-corrected chi connectivity index (χ0v) is 6.45. The minimum atomic E-state index is 0.529. The van der Waals surface area contributed by atoms with Gasteiger partial charge in [0.2, 0.25) is 5.88 Å². The lowest BCUT2D eigenvalue weighted by Gasteiger charge is -2.20. The van der Waals surface area contributed by atoms with E-state index in [1.807, 2.05) is 4.68 Å². The Morgan fingerprint density at radius 1 is 1.82 bits per heavy atom. The molecule has 1 aromatic rings. The number of aromatic nitrogens is 2. The maximum Gasteiger partial charge on any atom is 0.235 e. The highest BCUT2D eigenvalue weighted by atomic mass is 16.5. The summed E-state index contributed by atoms with van der Waals surface area (Å²) in [5, 5.41) is 4.07. The first kappa shape index (κ1) is 6.52. The molecule has 0 bridgehead atoms. The lowest BCUT2D eigenvalue weighted by molar-refractivity contribution is 0.176. The van der Waals surface area contributed by atoms with Crippen molar-refractivity contribution >= 4 is 5.69 Å². The summed E-state index contributed by atoms with van der Waals surface area (Å²) < 4.78 is 7.19. The van der Waals surface area contributed by atoms with E-state index in [0.29, 0.717) is 11.6 Å². The third kappa shape index (κ3) is 0.943. The number of anilines is 1. The van der Waals surface area contributed by atoms with Gasteiger partial charge in [-0.15, -0.1) is 0 Å². The highest BCUT2D eigenvalue weighted by molar-refractivity contribution is 5.46. The third-order valence-electron chi connectivity index (χ3n) is 1.81. The van der Waals surface area contributed by atoms with Gasteiger partial charge in [0.05, 0.1) is 19.3 Å². The lowest BCUT2D eigenvalue weighted by atomic mass is 10.2.